The third-order valence-corrected chi connectivity index (χ3v) is 5.00. The number of hydrogen-bond donors (Lipinski definition) is 2. The second-order valence-corrected chi connectivity index (χ2v) is 6.52. The number of nitrogens with one attached hydrogen (secondary N) is 1. The predicted octanol–water partition coefficient (Wildman–Crippen LogP) is 1.30. The van der Waals surface area contributed by atoms with E-state index in [4.69, 9.17) is 5.11 Å². The van der Waals surface area contributed by atoms with Gasteiger partial charge < -0.3 is 5.11 Å². The summed E-state index contributed by atoms with van der Waals surface area (Å²) in [5.74, 6) is -1.21. The Morgan fingerprint density at radius 2 is 1.85 bits per heavy atom. The largest absolute Gasteiger partial charge is 0.480 e. The van der Waals surface area contributed by atoms with E-state index in [1.54, 1.807) is 12.1 Å². The van der Waals surface area contributed by atoms with Crippen molar-refractivity contribution in [3.8, 4) is 0 Å². The van der Waals surface area contributed by atoms with Crippen LogP contribution < -0.4 is 4.72 Å². The minimum Gasteiger partial charge on any atom is -0.480 e. The van der Waals surface area contributed by atoms with Gasteiger partial charge >= 0.3 is 5.97 Å². The molecule has 0 bridgehead atoms. The lowest BCUT2D eigenvalue weighted by molar-refractivity contribution is -0.135. The van der Waals surface area contributed by atoms with Crippen LogP contribution >= 0.6 is 0 Å². The lowest BCUT2D eigenvalue weighted by atomic mass is 10.1. The van der Waals surface area contributed by atoms with Crippen LogP contribution in [0.2, 0.25) is 0 Å². The maximum atomic E-state index is 12.2. The molecule has 0 aliphatic heterocycles. The third kappa shape index (κ3) is 2.07. The Morgan fingerprint density at radius 3 is 2.55 bits per heavy atom. The lowest BCUT2D eigenvalue weighted by Crippen LogP contribution is -2.29. The summed E-state index contributed by atoms with van der Waals surface area (Å²) in [6.07, 6.45) is 1.83. The highest BCUT2D eigenvalue weighted by Crippen LogP contribution is 2.34. The van der Waals surface area contributed by atoms with Crippen molar-refractivity contribution in [1.82, 2.24) is 4.72 Å². The molecule has 2 N–H and O–H groups in total. The van der Waals surface area contributed by atoms with Crippen LogP contribution in [-0.2, 0) is 27.7 Å². The van der Waals surface area contributed by atoms with Gasteiger partial charge in [-0.2, -0.15) is 4.72 Å². The van der Waals surface area contributed by atoms with Crippen molar-refractivity contribution in [3.63, 3.8) is 0 Å². The second kappa shape index (κ2) is 4.57. The minimum atomic E-state index is -3.82. The monoisotopic (exact) mass is 291 g/mol. The first-order valence-electron chi connectivity index (χ1n) is 6.24. The summed E-state index contributed by atoms with van der Waals surface area (Å²) in [6, 6.07) is 8.97. The van der Waals surface area contributed by atoms with E-state index in [1.165, 1.54) is 0 Å². The van der Waals surface area contributed by atoms with Crippen LogP contribution in [0.25, 0.3) is 10.8 Å². The fraction of sp³-hybridized carbons (Fsp3) is 0.214. The average molecular weight is 291 g/mol. The van der Waals surface area contributed by atoms with E-state index >= 15 is 0 Å². The summed E-state index contributed by atoms with van der Waals surface area (Å²) >= 11 is 0. The normalized spacial score (nSPS) is 13.8. The van der Waals surface area contributed by atoms with Crippen molar-refractivity contribution < 1.29 is 18.3 Å². The molecule has 0 heterocycles. The van der Waals surface area contributed by atoms with Gasteiger partial charge in [0.25, 0.3) is 0 Å². The van der Waals surface area contributed by atoms with E-state index in [1.807, 2.05) is 18.2 Å². The molecule has 6 heteroatoms. The van der Waals surface area contributed by atoms with Crippen molar-refractivity contribution in [3.05, 3.63) is 41.5 Å². The molecule has 0 saturated heterocycles. The molecular weight excluding hydrogens is 278 g/mol. The number of carbonyl (C=O) groups is 1. The second-order valence-electron chi connectivity index (χ2n) is 4.78. The number of rotatable bonds is 4. The number of carboxylic acid groups (broad SMARTS) is 1. The molecular formula is C14H13NO4S. The Labute approximate surface area is 116 Å². The molecule has 0 spiro atoms. The van der Waals surface area contributed by atoms with Crippen molar-refractivity contribution in [2.75, 3.05) is 6.54 Å². The molecule has 0 saturated carbocycles. The van der Waals surface area contributed by atoms with Gasteiger partial charge in [-0.1, -0.05) is 24.3 Å². The zero-order chi connectivity index (χ0) is 14.3. The van der Waals surface area contributed by atoms with Gasteiger partial charge in [-0.3, -0.25) is 4.79 Å². The van der Waals surface area contributed by atoms with Crippen molar-refractivity contribution in [1.29, 1.82) is 0 Å². The van der Waals surface area contributed by atoms with Gasteiger partial charge in [0.1, 0.15) is 6.54 Å². The number of aliphatic carboxylic acids is 1. The van der Waals surface area contributed by atoms with Gasteiger partial charge in [0.2, 0.25) is 10.0 Å². The highest BCUT2D eigenvalue weighted by molar-refractivity contribution is 7.89. The third-order valence-electron chi connectivity index (χ3n) is 3.54. The van der Waals surface area contributed by atoms with Crippen LogP contribution in [0.3, 0.4) is 0 Å². The molecule has 1 aliphatic carbocycles. The molecule has 0 amide bonds. The summed E-state index contributed by atoms with van der Waals surface area (Å²) in [6.45, 7) is -0.620. The first kappa shape index (κ1) is 13.1. The number of carboxylic acids is 1. The van der Waals surface area contributed by atoms with Gasteiger partial charge in [-0.25, -0.2) is 8.42 Å². The van der Waals surface area contributed by atoms with Gasteiger partial charge in [-0.05, 0) is 35.4 Å². The Balaban J connectivity index is 2.16. The van der Waals surface area contributed by atoms with Crippen molar-refractivity contribution >= 4 is 26.8 Å². The van der Waals surface area contributed by atoms with Crippen LogP contribution in [0.5, 0.6) is 0 Å². The van der Waals surface area contributed by atoms with E-state index in [0.717, 1.165) is 29.4 Å². The molecule has 2 aromatic rings. The average Bonchev–Trinajstić information content (AvgIpc) is 2.82. The van der Waals surface area contributed by atoms with Crippen molar-refractivity contribution in [2.24, 2.45) is 0 Å². The zero-order valence-electron chi connectivity index (χ0n) is 10.6. The van der Waals surface area contributed by atoms with Gasteiger partial charge in [0.05, 0.1) is 4.90 Å². The Bertz CT molecular complexity index is 801. The molecule has 3 rings (SSSR count). The molecule has 1 aliphatic rings. The predicted molar refractivity (Wildman–Crippen MR) is 74.2 cm³/mol. The molecule has 0 atom stereocenters. The first-order valence-corrected chi connectivity index (χ1v) is 7.72. The van der Waals surface area contributed by atoms with E-state index in [9.17, 15) is 13.2 Å². The highest BCUT2D eigenvalue weighted by Gasteiger charge is 2.22. The van der Waals surface area contributed by atoms with Crippen LogP contribution in [0.1, 0.15) is 11.1 Å². The molecule has 104 valence electrons. The van der Waals surface area contributed by atoms with E-state index in [2.05, 4.69) is 4.72 Å². The minimum absolute atomic E-state index is 0.140. The van der Waals surface area contributed by atoms with Gasteiger partial charge in [0, 0.05) is 5.39 Å². The van der Waals surface area contributed by atoms with E-state index < -0.39 is 22.5 Å². The summed E-state index contributed by atoms with van der Waals surface area (Å²) in [5.41, 5.74) is 2.29. The molecule has 0 unspecified atom stereocenters. The first-order chi connectivity index (χ1) is 9.49. The topological polar surface area (TPSA) is 83.5 Å². The molecule has 5 nitrogen and oxygen atoms in total. The fourth-order valence-corrected chi connectivity index (χ4v) is 3.86. The summed E-state index contributed by atoms with van der Waals surface area (Å²) in [7, 11) is -3.82. The fourth-order valence-electron chi connectivity index (χ4n) is 2.69. The maximum Gasteiger partial charge on any atom is 0.318 e. The van der Waals surface area contributed by atoms with Crippen molar-refractivity contribution in [2.45, 2.75) is 17.7 Å². The lowest BCUT2D eigenvalue weighted by Gasteiger charge is -2.10. The Kier molecular flexibility index (Phi) is 2.99. The number of benzene rings is 2. The quantitative estimate of drug-likeness (QED) is 0.889. The summed E-state index contributed by atoms with van der Waals surface area (Å²) in [4.78, 5) is 10.7. The summed E-state index contributed by atoms with van der Waals surface area (Å²) in [5, 5.41) is 10.3. The maximum absolute atomic E-state index is 12.2. The van der Waals surface area contributed by atoms with Gasteiger partial charge in [-0.15, -0.1) is 0 Å². The Morgan fingerprint density at radius 1 is 1.15 bits per heavy atom. The van der Waals surface area contributed by atoms with Crippen LogP contribution in [0.4, 0.5) is 0 Å². The number of hydrogen-bond acceptors (Lipinski definition) is 3. The van der Waals surface area contributed by atoms with Crippen LogP contribution in [0, 0.1) is 0 Å². The SMILES string of the molecule is O=C(O)CNS(=O)(=O)c1ccc2c3c(cccc13)CC2. The standard InChI is InChI=1S/C14H13NO4S/c16-13(17)8-15-20(18,19)12-7-6-10-5-4-9-2-1-3-11(12)14(9)10/h1-3,6-7,15H,4-5,8H2,(H,16,17). The molecule has 0 fully saturated rings. The number of aryl methyl sites for hydroxylation is 2. The molecule has 2 aromatic carbocycles. The van der Waals surface area contributed by atoms with Crippen LogP contribution in [0.15, 0.2) is 35.2 Å². The summed E-state index contributed by atoms with van der Waals surface area (Å²) < 4.78 is 26.5. The molecule has 20 heavy (non-hydrogen) atoms. The van der Waals surface area contributed by atoms with Gasteiger partial charge in [0.15, 0.2) is 0 Å². The molecule has 0 aromatic heterocycles. The zero-order valence-corrected chi connectivity index (χ0v) is 11.4. The van der Waals surface area contributed by atoms with Crippen LogP contribution in [-0.4, -0.2) is 26.0 Å². The number of sulfonamides is 1. The Hall–Kier alpha value is -1.92. The highest BCUT2D eigenvalue weighted by atomic mass is 32.2. The smallest absolute Gasteiger partial charge is 0.318 e. The van der Waals surface area contributed by atoms with E-state index in [-0.39, 0.29) is 4.90 Å². The van der Waals surface area contributed by atoms with E-state index in [0.29, 0.717) is 5.39 Å². The molecule has 0 radical (unpaired) electrons.